The standard InChI is InChI=1S/C23H35N3O2/c1-19(2)22(28)24-16-21(27)26-15-12-23(18-26)11-7-14-25(17-23)13-6-10-20-8-4-3-5-9-20/h3-5,8-9,19H,6-7,10-18H2,1-2H3,(H,24,28)/t23-/m1/s1. The molecule has 0 aromatic heterocycles. The van der Waals surface area contributed by atoms with E-state index in [4.69, 9.17) is 0 Å². The maximum absolute atomic E-state index is 12.5. The van der Waals surface area contributed by atoms with Crippen LogP contribution in [-0.2, 0) is 16.0 Å². The number of hydrogen-bond donors (Lipinski definition) is 1. The lowest BCUT2D eigenvalue weighted by molar-refractivity contribution is -0.133. The molecule has 28 heavy (non-hydrogen) atoms. The number of nitrogens with one attached hydrogen (secondary N) is 1. The number of piperidine rings is 1. The van der Waals surface area contributed by atoms with Crippen molar-refractivity contribution in [3.05, 3.63) is 35.9 Å². The number of likely N-dealkylation sites (tertiary alicyclic amines) is 2. The molecule has 0 aliphatic carbocycles. The number of hydrogen-bond acceptors (Lipinski definition) is 3. The van der Waals surface area contributed by atoms with E-state index >= 15 is 0 Å². The number of rotatable bonds is 7. The molecule has 5 heteroatoms. The van der Waals surface area contributed by atoms with E-state index < -0.39 is 0 Å². The Morgan fingerprint density at radius 1 is 1.11 bits per heavy atom. The van der Waals surface area contributed by atoms with Crippen molar-refractivity contribution in [3.8, 4) is 0 Å². The molecule has 2 amide bonds. The van der Waals surface area contributed by atoms with Crippen LogP contribution in [-0.4, -0.2) is 60.9 Å². The number of amides is 2. The molecule has 1 atom stereocenters. The number of nitrogens with zero attached hydrogens (tertiary/aromatic N) is 2. The van der Waals surface area contributed by atoms with Gasteiger partial charge < -0.3 is 15.1 Å². The van der Waals surface area contributed by atoms with Crippen LogP contribution in [0.25, 0.3) is 0 Å². The highest BCUT2D eigenvalue weighted by atomic mass is 16.2. The second kappa shape index (κ2) is 9.55. The first-order valence-corrected chi connectivity index (χ1v) is 10.8. The summed E-state index contributed by atoms with van der Waals surface area (Å²) in [5.41, 5.74) is 1.67. The van der Waals surface area contributed by atoms with Crippen molar-refractivity contribution in [2.45, 2.75) is 46.0 Å². The highest BCUT2D eigenvalue weighted by Crippen LogP contribution is 2.39. The van der Waals surface area contributed by atoms with Crippen molar-refractivity contribution in [1.29, 1.82) is 0 Å². The quantitative estimate of drug-likeness (QED) is 0.785. The van der Waals surface area contributed by atoms with Gasteiger partial charge in [0.15, 0.2) is 0 Å². The van der Waals surface area contributed by atoms with Crippen molar-refractivity contribution in [3.63, 3.8) is 0 Å². The molecule has 2 fully saturated rings. The molecule has 1 aromatic rings. The van der Waals surface area contributed by atoms with Gasteiger partial charge in [-0.25, -0.2) is 0 Å². The van der Waals surface area contributed by atoms with Gasteiger partial charge >= 0.3 is 0 Å². The smallest absolute Gasteiger partial charge is 0.241 e. The van der Waals surface area contributed by atoms with Crippen LogP contribution in [0.3, 0.4) is 0 Å². The Morgan fingerprint density at radius 2 is 1.89 bits per heavy atom. The Morgan fingerprint density at radius 3 is 2.64 bits per heavy atom. The third-order valence-electron chi connectivity index (χ3n) is 6.25. The third-order valence-corrected chi connectivity index (χ3v) is 6.25. The lowest BCUT2D eigenvalue weighted by Gasteiger charge is -2.40. The van der Waals surface area contributed by atoms with E-state index in [1.807, 2.05) is 18.7 Å². The summed E-state index contributed by atoms with van der Waals surface area (Å²) >= 11 is 0. The van der Waals surface area contributed by atoms with E-state index in [9.17, 15) is 9.59 Å². The number of carbonyl (C=O) groups excluding carboxylic acids is 2. The maximum atomic E-state index is 12.5. The molecule has 5 nitrogen and oxygen atoms in total. The monoisotopic (exact) mass is 385 g/mol. The molecule has 0 saturated carbocycles. The van der Waals surface area contributed by atoms with Gasteiger partial charge in [0.1, 0.15) is 0 Å². The summed E-state index contributed by atoms with van der Waals surface area (Å²) in [6.07, 6.45) is 5.84. The molecule has 1 aromatic carbocycles. The molecular weight excluding hydrogens is 350 g/mol. The molecule has 2 aliphatic heterocycles. The summed E-state index contributed by atoms with van der Waals surface area (Å²) in [5, 5.41) is 2.76. The Hall–Kier alpha value is -1.88. The van der Waals surface area contributed by atoms with Gasteiger partial charge in [-0.05, 0) is 50.8 Å². The molecular formula is C23H35N3O2. The second-order valence-corrected chi connectivity index (χ2v) is 8.91. The van der Waals surface area contributed by atoms with Crippen LogP contribution in [0.1, 0.15) is 45.1 Å². The van der Waals surface area contributed by atoms with Crippen LogP contribution in [0.4, 0.5) is 0 Å². The minimum absolute atomic E-state index is 0.0514. The normalized spacial score (nSPS) is 22.8. The largest absolute Gasteiger partial charge is 0.347 e. The lowest BCUT2D eigenvalue weighted by Crippen LogP contribution is -2.46. The Bertz CT molecular complexity index is 661. The first-order valence-electron chi connectivity index (χ1n) is 10.8. The van der Waals surface area contributed by atoms with Crippen LogP contribution in [0.5, 0.6) is 0 Å². The van der Waals surface area contributed by atoms with E-state index in [2.05, 4.69) is 40.5 Å². The van der Waals surface area contributed by atoms with Gasteiger partial charge in [0, 0.05) is 31.0 Å². The van der Waals surface area contributed by atoms with Gasteiger partial charge in [-0.3, -0.25) is 9.59 Å². The second-order valence-electron chi connectivity index (χ2n) is 8.91. The van der Waals surface area contributed by atoms with Crippen LogP contribution in [0.15, 0.2) is 30.3 Å². The lowest BCUT2D eigenvalue weighted by atomic mass is 9.79. The fraction of sp³-hybridized carbons (Fsp3) is 0.652. The van der Waals surface area contributed by atoms with Crippen molar-refractivity contribution in [2.24, 2.45) is 11.3 Å². The zero-order valence-corrected chi connectivity index (χ0v) is 17.5. The van der Waals surface area contributed by atoms with Gasteiger partial charge in [0.05, 0.1) is 6.54 Å². The molecule has 0 unspecified atom stereocenters. The molecule has 1 N–H and O–H groups in total. The highest BCUT2D eigenvalue weighted by molar-refractivity contribution is 5.85. The summed E-state index contributed by atoms with van der Waals surface area (Å²) in [6.45, 7) is 8.91. The van der Waals surface area contributed by atoms with Gasteiger partial charge in [-0.1, -0.05) is 44.2 Å². The first kappa shape index (κ1) is 20.8. The number of carbonyl (C=O) groups is 2. The molecule has 0 bridgehead atoms. The fourth-order valence-corrected chi connectivity index (χ4v) is 4.61. The number of benzene rings is 1. The molecule has 154 valence electrons. The SMILES string of the molecule is CC(C)C(=O)NCC(=O)N1CC[C@@]2(CCCN(CCCc3ccccc3)C2)C1. The molecule has 2 saturated heterocycles. The molecule has 3 rings (SSSR count). The molecule has 2 heterocycles. The van der Waals surface area contributed by atoms with Crippen LogP contribution in [0, 0.1) is 11.3 Å². The molecule has 1 spiro atoms. The molecule has 0 radical (unpaired) electrons. The zero-order valence-electron chi connectivity index (χ0n) is 17.5. The van der Waals surface area contributed by atoms with Crippen molar-refractivity contribution < 1.29 is 9.59 Å². The minimum Gasteiger partial charge on any atom is -0.347 e. The highest BCUT2D eigenvalue weighted by Gasteiger charge is 2.42. The topological polar surface area (TPSA) is 52.7 Å². The maximum Gasteiger partial charge on any atom is 0.241 e. The Labute approximate surface area is 169 Å². The summed E-state index contributed by atoms with van der Waals surface area (Å²) in [5.74, 6) is -0.0721. The average Bonchev–Trinajstić information content (AvgIpc) is 3.10. The van der Waals surface area contributed by atoms with Crippen molar-refractivity contribution >= 4 is 11.8 Å². The van der Waals surface area contributed by atoms with Gasteiger partial charge in [0.2, 0.25) is 11.8 Å². The predicted octanol–water partition coefficient (Wildman–Crippen LogP) is 2.71. The van der Waals surface area contributed by atoms with E-state index in [0.29, 0.717) is 0 Å². The summed E-state index contributed by atoms with van der Waals surface area (Å²) in [7, 11) is 0. The Kier molecular flexibility index (Phi) is 7.11. The van der Waals surface area contributed by atoms with E-state index in [1.165, 1.54) is 31.4 Å². The van der Waals surface area contributed by atoms with Crippen LogP contribution >= 0.6 is 0 Å². The van der Waals surface area contributed by atoms with E-state index in [1.54, 1.807) is 0 Å². The van der Waals surface area contributed by atoms with E-state index in [-0.39, 0.29) is 29.7 Å². The van der Waals surface area contributed by atoms with Gasteiger partial charge in [0.25, 0.3) is 0 Å². The third kappa shape index (κ3) is 5.57. The van der Waals surface area contributed by atoms with Gasteiger partial charge in [-0.15, -0.1) is 0 Å². The van der Waals surface area contributed by atoms with Crippen molar-refractivity contribution in [2.75, 3.05) is 39.3 Å². The van der Waals surface area contributed by atoms with Crippen LogP contribution < -0.4 is 5.32 Å². The summed E-state index contributed by atoms with van der Waals surface area (Å²) in [4.78, 5) is 28.8. The Balaban J connectivity index is 1.44. The van der Waals surface area contributed by atoms with Gasteiger partial charge in [-0.2, -0.15) is 0 Å². The predicted molar refractivity (Wildman–Crippen MR) is 112 cm³/mol. The number of aryl methyl sites for hydroxylation is 1. The minimum atomic E-state index is -0.0829. The molecule has 2 aliphatic rings. The zero-order chi connectivity index (χ0) is 20.0. The first-order chi connectivity index (χ1) is 13.5. The fourth-order valence-electron chi connectivity index (χ4n) is 4.61. The average molecular weight is 386 g/mol. The summed E-state index contributed by atoms with van der Waals surface area (Å²) < 4.78 is 0. The van der Waals surface area contributed by atoms with Crippen molar-refractivity contribution in [1.82, 2.24) is 15.1 Å². The van der Waals surface area contributed by atoms with Crippen LogP contribution in [0.2, 0.25) is 0 Å². The van der Waals surface area contributed by atoms with E-state index in [0.717, 1.165) is 39.0 Å². The summed E-state index contributed by atoms with van der Waals surface area (Å²) in [6, 6.07) is 10.7.